The van der Waals surface area contributed by atoms with Crippen molar-refractivity contribution >= 4 is 28.6 Å². The molecule has 5 nitrogen and oxygen atoms in total. The molecule has 0 spiro atoms. The summed E-state index contributed by atoms with van der Waals surface area (Å²) in [5.41, 5.74) is 3.03. The van der Waals surface area contributed by atoms with E-state index in [0.717, 1.165) is 0 Å². The Hall–Kier alpha value is -0.720. The maximum atomic E-state index is 10.7. The van der Waals surface area contributed by atoms with E-state index in [-0.39, 0.29) is 11.3 Å². The van der Waals surface area contributed by atoms with E-state index < -0.39 is 5.24 Å². The Balaban J connectivity index is 2.23. The Morgan fingerprint density at radius 3 is 3.23 bits per heavy atom. The number of rotatable bonds is 2. The van der Waals surface area contributed by atoms with Crippen molar-refractivity contribution in [3.63, 3.8) is 0 Å². The number of carbonyl (C=O) groups excluding carboxylic acids is 1. The van der Waals surface area contributed by atoms with Gasteiger partial charge in [0.2, 0.25) is 0 Å². The van der Waals surface area contributed by atoms with Gasteiger partial charge in [-0.05, 0) is 23.4 Å². The van der Waals surface area contributed by atoms with E-state index in [0.29, 0.717) is 5.16 Å². The molecule has 13 heavy (non-hydrogen) atoms. The van der Waals surface area contributed by atoms with Gasteiger partial charge < -0.3 is 4.74 Å². The van der Waals surface area contributed by atoms with Crippen LogP contribution in [0.5, 0.6) is 0 Å². The van der Waals surface area contributed by atoms with E-state index >= 15 is 0 Å². The Bertz CT molecular complexity index is 330. The van der Waals surface area contributed by atoms with Crippen LogP contribution in [0.2, 0.25) is 0 Å². The quantitative estimate of drug-likeness (QED) is 0.748. The number of thioether (sulfide) groups is 1. The highest BCUT2D eigenvalue weighted by Crippen LogP contribution is 2.28. The first kappa shape index (κ1) is 8.86. The fourth-order valence-electron chi connectivity index (χ4n) is 0.970. The molecule has 70 valence electrons. The van der Waals surface area contributed by atoms with Crippen LogP contribution in [0.4, 0.5) is 0 Å². The lowest BCUT2D eigenvalue weighted by atomic mass is 10.5. The number of nitrogens with one attached hydrogen (secondary N) is 1. The number of ether oxygens (including phenoxy) is 1. The summed E-state index contributed by atoms with van der Waals surface area (Å²) in [4.78, 5) is 14.7. The summed E-state index contributed by atoms with van der Waals surface area (Å²) in [5.74, 6) is 0. The topological polar surface area (TPSA) is 56.1 Å². The number of aromatic nitrogens is 2. The molecule has 0 aliphatic carbocycles. The first-order valence-electron chi connectivity index (χ1n) is 3.46. The molecule has 1 aliphatic heterocycles. The monoisotopic (exact) mass is 219 g/mol. The molecule has 1 aromatic heterocycles. The molecule has 0 amide bonds. The molecule has 0 saturated carbocycles. The van der Waals surface area contributed by atoms with Gasteiger partial charge in [0.25, 0.3) is 5.24 Å². The zero-order valence-electron chi connectivity index (χ0n) is 6.65. The fraction of sp³-hybridized carbons (Fsp3) is 0.333. The lowest BCUT2D eigenvalue weighted by molar-refractivity contribution is 0.107. The normalized spacial score (nSPS) is 19.7. The molecule has 0 aromatic carbocycles. The van der Waals surface area contributed by atoms with Gasteiger partial charge in [-0.3, -0.25) is 10.2 Å². The molecule has 1 unspecified atom stereocenters. The molecule has 1 N–H and O–H groups in total. The average Bonchev–Trinajstić information content (AvgIpc) is 2.58. The van der Waals surface area contributed by atoms with E-state index in [9.17, 15) is 4.79 Å². The van der Waals surface area contributed by atoms with Crippen molar-refractivity contribution in [2.45, 2.75) is 10.7 Å². The SMILES string of the molecule is COC1Nn2cc(C(=O)Cl)nc2S1. The molecule has 1 aliphatic rings. The van der Waals surface area contributed by atoms with Crippen LogP contribution in [-0.2, 0) is 4.74 Å². The van der Waals surface area contributed by atoms with Crippen LogP contribution in [0.3, 0.4) is 0 Å². The van der Waals surface area contributed by atoms with E-state index in [2.05, 4.69) is 10.4 Å². The second kappa shape index (κ2) is 3.21. The molecule has 7 heteroatoms. The molecule has 2 heterocycles. The summed E-state index contributed by atoms with van der Waals surface area (Å²) in [6, 6.07) is 0. The summed E-state index contributed by atoms with van der Waals surface area (Å²) in [6.07, 6.45) is 1.54. The lowest BCUT2D eigenvalue weighted by Gasteiger charge is -2.06. The van der Waals surface area contributed by atoms with Crippen molar-refractivity contribution in [3.05, 3.63) is 11.9 Å². The number of nitrogens with zero attached hydrogens (tertiary/aromatic N) is 2. The summed E-state index contributed by atoms with van der Waals surface area (Å²) in [6.45, 7) is 0. The van der Waals surface area contributed by atoms with Gasteiger partial charge in [-0.25, -0.2) is 9.66 Å². The van der Waals surface area contributed by atoms with Gasteiger partial charge in [0.15, 0.2) is 10.7 Å². The maximum absolute atomic E-state index is 10.7. The number of hydrogen-bond donors (Lipinski definition) is 1. The second-order valence-electron chi connectivity index (χ2n) is 2.37. The van der Waals surface area contributed by atoms with Crippen molar-refractivity contribution in [1.82, 2.24) is 9.66 Å². The first-order chi connectivity index (χ1) is 6.20. The van der Waals surface area contributed by atoms with Crippen LogP contribution < -0.4 is 5.43 Å². The molecule has 0 fully saturated rings. The van der Waals surface area contributed by atoms with E-state index in [4.69, 9.17) is 16.3 Å². The smallest absolute Gasteiger partial charge is 0.272 e. The third-order valence-corrected chi connectivity index (χ3v) is 2.75. The van der Waals surface area contributed by atoms with Gasteiger partial charge in [0.1, 0.15) is 5.69 Å². The average molecular weight is 220 g/mol. The van der Waals surface area contributed by atoms with Crippen molar-refractivity contribution < 1.29 is 9.53 Å². The van der Waals surface area contributed by atoms with Crippen molar-refractivity contribution in [1.29, 1.82) is 0 Å². The van der Waals surface area contributed by atoms with Gasteiger partial charge >= 0.3 is 0 Å². The van der Waals surface area contributed by atoms with Crippen LogP contribution in [0.1, 0.15) is 10.5 Å². The Kier molecular flexibility index (Phi) is 2.19. The molecule has 1 aromatic rings. The van der Waals surface area contributed by atoms with Crippen LogP contribution in [-0.4, -0.2) is 27.6 Å². The zero-order valence-corrected chi connectivity index (χ0v) is 8.22. The van der Waals surface area contributed by atoms with Crippen LogP contribution in [0.25, 0.3) is 0 Å². The highest BCUT2D eigenvalue weighted by Gasteiger charge is 2.24. The second-order valence-corrected chi connectivity index (χ2v) is 3.74. The number of imidazole rings is 1. The van der Waals surface area contributed by atoms with Crippen molar-refractivity contribution in [3.8, 4) is 0 Å². The zero-order chi connectivity index (χ0) is 9.42. The number of hydrogen-bond acceptors (Lipinski definition) is 5. The number of fused-ring (bicyclic) bond motifs is 1. The third-order valence-electron chi connectivity index (χ3n) is 1.55. The number of halogens is 1. The van der Waals surface area contributed by atoms with Crippen LogP contribution in [0, 0.1) is 0 Å². The van der Waals surface area contributed by atoms with Crippen LogP contribution in [0.15, 0.2) is 11.4 Å². The Morgan fingerprint density at radius 1 is 1.92 bits per heavy atom. The van der Waals surface area contributed by atoms with Crippen molar-refractivity contribution in [2.24, 2.45) is 0 Å². The van der Waals surface area contributed by atoms with Gasteiger partial charge in [-0.1, -0.05) is 0 Å². The lowest BCUT2D eigenvalue weighted by Crippen LogP contribution is -2.19. The highest BCUT2D eigenvalue weighted by molar-refractivity contribution is 7.99. The molecule has 2 rings (SSSR count). The van der Waals surface area contributed by atoms with Gasteiger partial charge in [-0.15, -0.1) is 0 Å². The fourth-order valence-corrected chi connectivity index (χ4v) is 1.89. The Labute approximate surface area is 83.4 Å². The summed E-state index contributed by atoms with van der Waals surface area (Å²) in [7, 11) is 1.59. The third kappa shape index (κ3) is 1.52. The molecule has 0 radical (unpaired) electrons. The minimum absolute atomic E-state index is 0.151. The van der Waals surface area contributed by atoms with Gasteiger partial charge in [0, 0.05) is 7.11 Å². The minimum Gasteiger partial charge on any atom is -0.351 e. The Morgan fingerprint density at radius 2 is 2.69 bits per heavy atom. The summed E-state index contributed by atoms with van der Waals surface area (Å²) < 4.78 is 6.64. The molecule has 0 bridgehead atoms. The van der Waals surface area contributed by atoms with Gasteiger partial charge in [0.05, 0.1) is 6.20 Å². The number of carbonyl (C=O) groups is 1. The molecular weight excluding hydrogens is 214 g/mol. The first-order valence-corrected chi connectivity index (χ1v) is 4.71. The molecular formula is C6H6ClN3O2S. The van der Waals surface area contributed by atoms with Crippen LogP contribution >= 0.6 is 23.4 Å². The molecule has 0 saturated heterocycles. The van der Waals surface area contributed by atoms with Crippen molar-refractivity contribution in [2.75, 3.05) is 12.5 Å². The van der Waals surface area contributed by atoms with E-state index in [1.54, 1.807) is 11.8 Å². The minimum atomic E-state index is -0.557. The standard InChI is InChI=1S/C6H6ClN3O2S/c1-12-6-9-10-2-3(4(7)11)8-5(10)13-6/h2,6,9H,1H3. The van der Waals surface area contributed by atoms with E-state index in [1.165, 1.54) is 18.0 Å². The predicted octanol–water partition coefficient (Wildman–Crippen LogP) is 0.841. The van der Waals surface area contributed by atoms with E-state index in [1.807, 2.05) is 0 Å². The summed E-state index contributed by atoms with van der Waals surface area (Å²) in [5, 5.41) is 0.120. The maximum Gasteiger partial charge on any atom is 0.272 e. The summed E-state index contributed by atoms with van der Waals surface area (Å²) >= 11 is 6.64. The number of methoxy groups -OCH3 is 1. The highest BCUT2D eigenvalue weighted by atomic mass is 35.5. The molecule has 1 atom stereocenters. The predicted molar refractivity (Wildman–Crippen MR) is 48.4 cm³/mol. The largest absolute Gasteiger partial charge is 0.351 e. The van der Waals surface area contributed by atoms with Gasteiger partial charge in [-0.2, -0.15) is 0 Å².